The Hall–Kier alpha value is -2.86. The zero-order valence-corrected chi connectivity index (χ0v) is 16.1. The molecule has 0 unspecified atom stereocenters. The van der Waals surface area contributed by atoms with Crippen LogP contribution in [-0.2, 0) is 9.59 Å². The van der Waals surface area contributed by atoms with Crippen LogP contribution in [0, 0.1) is 6.92 Å². The quantitative estimate of drug-likeness (QED) is 0.725. The lowest BCUT2D eigenvalue weighted by Gasteiger charge is -2.15. The van der Waals surface area contributed by atoms with Gasteiger partial charge in [-0.2, -0.15) is 0 Å². The summed E-state index contributed by atoms with van der Waals surface area (Å²) in [5, 5.41) is 3.46. The summed E-state index contributed by atoms with van der Waals surface area (Å²) in [6.07, 6.45) is 2.02. The zero-order chi connectivity index (χ0) is 19.4. The van der Waals surface area contributed by atoms with Crippen LogP contribution < -0.4 is 10.2 Å². The molecular formula is C21H19ClN4O2. The smallest absolute Gasteiger partial charge is 0.253 e. The van der Waals surface area contributed by atoms with Gasteiger partial charge in [-0.3, -0.25) is 19.1 Å². The standard InChI is InChI=1S/C21H19ClN4O2/c1-12-6-7-13(10-15(12)22)23-19(27)11-18-20(28)25(14-8-9-14)21-24-16-4-2-3-5-17(16)26(18)21/h2-7,10,14,18H,8-9,11H2,1H3,(H,23,27)/t18-/m0/s1. The summed E-state index contributed by atoms with van der Waals surface area (Å²) < 4.78 is 1.91. The fraction of sp³-hybridized carbons (Fsp3) is 0.286. The molecule has 0 bridgehead atoms. The molecule has 2 heterocycles. The molecule has 1 fully saturated rings. The number of halogens is 1. The van der Waals surface area contributed by atoms with Crippen molar-refractivity contribution < 1.29 is 9.59 Å². The summed E-state index contributed by atoms with van der Waals surface area (Å²) in [4.78, 5) is 32.3. The van der Waals surface area contributed by atoms with Crippen molar-refractivity contribution in [2.45, 2.75) is 38.3 Å². The Labute approximate surface area is 167 Å². The summed E-state index contributed by atoms with van der Waals surface area (Å²) in [7, 11) is 0. The largest absolute Gasteiger partial charge is 0.326 e. The Morgan fingerprint density at radius 1 is 1.25 bits per heavy atom. The Morgan fingerprint density at radius 3 is 2.79 bits per heavy atom. The first-order valence-electron chi connectivity index (χ1n) is 9.39. The highest BCUT2D eigenvalue weighted by atomic mass is 35.5. The second-order valence-electron chi connectivity index (χ2n) is 7.44. The third-order valence-electron chi connectivity index (χ3n) is 5.37. The van der Waals surface area contributed by atoms with Crippen LogP contribution in [0.15, 0.2) is 42.5 Å². The van der Waals surface area contributed by atoms with E-state index in [0.717, 1.165) is 29.4 Å². The first-order valence-corrected chi connectivity index (χ1v) is 9.77. The van der Waals surface area contributed by atoms with E-state index in [-0.39, 0.29) is 24.3 Å². The van der Waals surface area contributed by atoms with E-state index in [0.29, 0.717) is 16.7 Å². The number of benzene rings is 2. The molecule has 7 heteroatoms. The Morgan fingerprint density at radius 2 is 2.04 bits per heavy atom. The predicted molar refractivity (Wildman–Crippen MR) is 109 cm³/mol. The Kier molecular flexibility index (Phi) is 3.91. The van der Waals surface area contributed by atoms with Gasteiger partial charge in [0, 0.05) is 16.8 Å². The molecule has 1 atom stereocenters. The van der Waals surface area contributed by atoms with Crippen molar-refractivity contribution in [2.75, 3.05) is 10.2 Å². The number of nitrogens with zero attached hydrogens (tertiary/aromatic N) is 3. The minimum absolute atomic E-state index is 0.0483. The van der Waals surface area contributed by atoms with E-state index >= 15 is 0 Å². The summed E-state index contributed by atoms with van der Waals surface area (Å²) in [6.45, 7) is 1.91. The van der Waals surface area contributed by atoms with Crippen molar-refractivity contribution in [1.29, 1.82) is 0 Å². The highest BCUT2D eigenvalue weighted by molar-refractivity contribution is 6.31. The molecule has 1 saturated carbocycles. The van der Waals surface area contributed by atoms with E-state index in [1.165, 1.54) is 0 Å². The number of rotatable bonds is 4. The molecule has 6 nitrogen and oxygen atoms in total. The number of hydrogen-bond acceptors (Lipinski definition) is 3. The summed E-state index contributed by atoms with van der Waals surface area (Å²) in [6, 6.07) is 12.7. The molecule has 2 aromatic carbocycles. The number of nitrogens with one attached hydrogen (secondary N) is 1. The summed E-state index contributed by atoms with van der Waals surface area (Å²) in [5.41, 5.74) is 3.29. The number of anilines is 2. The van der Waals surface area contributed by atoms with Crippen molar-refractivity contribution in [3.05, 3.63) is 53.1 Å². The van der Waals surface area contributed by atoms with Gasteiger partial charge in [0.15, 0.2) is 0 Å². The fourth-order valence-electron chi connectivity index (χ4n) is 3.79. The lowest BCUT2D eigenvalue weighted by Crippen LogP contribution is -2.33. The number of amides is 2. The normalized spacial score (nSPS) is 18.6. The first-order chi connectivity index (χ1) is 13.5. The van der Waals surface area contributed by atoms with Gasteiger partial charge in [0.2, 0.25) is 11.9 Å². The van der Waals surface area contributed by atoms with Gasteiger partial charge >= 0.3 is 0 Å². The van der Waals surface area contributed by atoms with E-state index in [2.05, 4.69) is 10.3 Å². The maximum atomic E-state index is 13.1. The SMILES string of the molecule is Cc1ccc(NC(=O)C[C@H]2C(=O)N(C3CC3)c3nc4ccccc4n32)cc1Cl. The molecule has 28 heavy (non-hydrogen) atoms. The Bertz CT molecular complexity index is 1120. The third-order valence-corrected chi connectivity index (χ3v) is 5.78. The van der Waals surface area contributed by atoms with Gasteiger partial charge in [-0.25, -0.2) is 4.98 Å². The average Bonchev–Trinajstić information content (AvgIpc) is 3.37. The average molecular weight is 395 g/mol. The second-order valence-corrected chi connectivity index (χ2v) is 7.85. The van der Waals surface area contributed by atoms with Crippen LogP contribution in [0.1, 0.15) is 30.9 Å². The molecule has 1 aliphatic carbocycles. The highest BCUT2D eigenvalue weighted by Gasteiger charge is 2.47. The maximum Gasteiger partial charge on any atom is 0.253 e. The molecule has 0 spiro atoms. The van der Waals surface area contributed by atoms with Gasteiger partial charge in [0.05, 0.1) is 17.5 Å². The van der Waals surface area contributed by atoms with Gasteiger partial charge in [-0.1, -0.05) is 29.8 Å². The maximum absolute atomic E-state index is 13.1. The number of aromatic nitrogens is 2. The molecule has 3 aromatic rings. The van der Waals surface area contributed by atoms with Crippen molar-refractivity contribution in [1.82, 2.24) is 9.55 Å². The van der Waals surface area contributed by atoms with Crippen molar-refractivity contribution in [2.24, 2.45) is 0 Å². The lowest BCUT2D eigenvalue weighted by atomic mass is 10.1. The molecule has 1 N–H and O–H groups in total. The minimum Gasteiger partial charge on any atom is -0.326 e. The van der Waals surface area contributed by atoms with Crippen LogP contribution in [0.4, 0.5) is 11.6 Å². The molecule has 1 aliphatic heterocycles. The topological polar surface area (TPSA) is 67.2 Å². The van der Waals surface area contributed by atoms with Crippen LogP contribution in [0.25, 0.3) is 11.0 Å². The molecule has 5 rings (SSSR count). The van der Waals surface area contributed by atoms with Crippen molar-refractivity contribution >= 4 is 46.1 Å². The fourth-order valence-corrected chi connectivity index (χ4v) is 3.97. The second kappa shape index (κ2) is 6.34. The van der Waals surface area contributed by atoms with Crippen LogP contribution in [0.5, 0.6) is 0 Å². The number of para-hydroxylation sites is 2. The van der Waals surface area contributed by atoms with Crippen molar-refractivity contribution in [3.63, 3.8) is 0 Å². The predicted octanol–water partition coefficient (Wildman–Crippen LogP) is 4.08. The number of aryl methyl sites for hydroxylation is 1. The number of imidazole rings is 1. The van der Waals surface area contributed by atoms with E-state index in [4.69, 9.17) is 11.6 Å². The number of fused-ring (bicyclic) bond motifs is 3. The molecule has 0 saturated heterocycles. The molecule has 0 radical (unpaired) electrons. The highest BCUT2D eigenvalue weighted by Crippen LogP contribution is 2.42. The molecule has 2 amide bonds. The number of hydrogen-bond donors (Lipinski definition) is 1. The molecule has 2 aliphatic rings. The molecule has 1 aromatic heterocycles. The van der Waals surface area contributed by atoms with Crippen LogP contribution >= 0.6 is 11.6 Å². The van der Waals surface area contributed by atoms with E-state index < -0.39 is 6.04 Å². The van der Waals surface area contributed by atoms with Crippen molar-refractivity contribution in [3.8, 4) is 0 Å². The van der Waals surface area contributed by atoms with E-state index in [9.17, 15) is 9.59 Å². The van der Waals surface area contributed by atoms with E-state index in [1.54, 1.807) is 11.0 Å². The Balaban J connectivity index is 1.45. The summed E-state index contributed by atoms with van der Waals surface area (Å²) in [5.74, 6) is 0.386. The van der Waals surface area contributed by atoms with Gasteiger partial charge in [0.1, 0.15) is 6.04 Å². The van der Waals surface area contributed by atoms with Gasteiger partial charge in [0.25, 0.3) is 5.91 Å². The van der Waals surface area contributed by atoms with E-state index in [1.807, 2.05) is 47.9 Å². The third kappa shape index (κ3) is 2.76. The van der Waals surface area contributed by atoms with Gasteiger partial charge in [-0.15, -0.1) is 0 Å². The zero-order valence-electron chi connectivity index (χ0n) is 15.4. The number of carbonyl (C=O) groups is 2. The van der Waals surface area contributed by atoms with Crippen LogP contribution in [0.2, 0.25) is 5.02 Å². The van der Waals surface area contributed by atoms with Gasteiger partial charge in [-0.05, 0) is 49.6 Å². The van der Waals surface area contributed by atoms with Crippen LogP contribution in [0.3, 0.4) is 0 Å². The number of carbonyl (C=O) groups excluding carboxylic acids is 2. The van der Waals surface area contributed by atoms with Gasteiger partial charge < -0.3 is 5.32 Å². The first kappa shape index (κ1) is 17.3. The monoisotopic (exact) mass is 394 g/mol. The van der Waals surface area contributed by atoms with Crippen LogP contribution in [-0.4, -0.2) is 27.4 Å². The lowest BCUT2D eigenvalue weighted by molar-refractivity contribution is -0.124. The molecular weight excluding hydrogens is 376 g/mol. The summed E-state index contributed by atoms with van der Waals surface area (Å²) >= 11 is 6.14. The molecule has 142 valence electrons. The minimum atomic E-state index is -0.580.